The summed E-state index contributed by atoms with van der Waals surface area (Å²) in [4.78, 5) is 48.8. The summed E-state index contributed by atoms with van der Waals surface area (Å²) in [6.45, 7) is 14.1. The molecule has 0 saturated carbocycles. The van der Waals surface area contributed by atoms with Crippen molar-refractivity contribution in [3.63, 3.8) is 0 Å². The van der Waals surface area contributed by atoms with Gasteiger partial charge in [0.25, 0.3) is 5.91 Å². The lowest BCUT2D eigenvalue weighted by Crippen LogP contribution is -2.60. The zero-order valence-corrected chi connectivity index (χ0v) is 29.4. The van der Waals surface area contributed by atoms with Crippen LogP contribution in [0.1, 0.15) is 33.6 Å². The molecule has 3 saturated heterocycles. The molecule has 3 aliphatic heterocycles. The largest absolute Gasteiger partial charge is 0.494 e. The van der Waals surface area contributed by atoms with Crippen molar-refractivity contribution in [1.82, 2.24) is 4.90 Å². The molecule has 3 aliphatic rings. The number of amides is 3. The fourth-order valence-electron chi connectivity index (χ4n) is 7.58. The van der Waals surface area contributed by atoms with E-state index >= 15 is 0 Å². The standard InChI is InChI=1S/C36H43BrClN3O6/c1-6-18-39(23-14-16-24(17-15-23)46-9-4)33(43)29-30-34(44)41(28(21-42)22(5)8-3)32(36(30)20-25(37)31(29)47-36)35(45)40(19-7-2)27-13-11-10-12-26(27)38/h6-7,10-17,22,25,28-32,42H,1-2,8-9,18-21H2,3-5H3/t22-,25?,28-,29+,30-,31+,32?,36?/m0/s1. The number of aliphatic hydroxyl groups excluding tert-OH is 1. The van der Waals surface area contributed by atoms with Crippen LogP contribution in [0.2, 0.25) is 5.02 Å². The molecule has 1 N–H and O–H groups in total. The Morgan fingerprint density at radius 3 is 2.38 bits per heavy atom. The van der Waals surface area contributed by atoms with E-state index in [1.165, 1.54) is 9.80 Å². The topological polar surface area (TPSA) is 99.6 Å². The number of ether oxygens (including phenoxy) is 2. The molecule has 8 atom stereocenters. The molecule has 2 aromatic rings. The van der Waals surface area contributed by atoms with Gasteiger partial charge in [0.15, 0.2) is 0 Å². The van der Waals surface area contributed by atoms with Gasteiger partial charge in [-0.2, -0.15) is 0 Å². The number of halogens is 2. The highest BCUT2D eigenvalue weighted by Gasteiger charge is 2.77. The van der Waals surface area contributed by atoms with E-state index in [0.29, 0.717) is 41.6 Å². The van der Waals surface area contributed by atoms with Crippen molar-refractivity contribution in [1.29, 1.82) is 0 Å². The molecule has 11 heteroatoms. The highest BCUT2D eigenvalue weighted by Crippen LogP contribution is 2.61. The van der Waals surface area contributed by atoms with Crippen LogP contribution in [-0.2, 0) is 19.1 Å². The van der Waals surface area contributed by atoms with Crippen LogP contribution in [0.3, 0.4) is 0 Å². The van der Waals surface area contributed by atoms with Gasteiger partial charge in [0.2, 0.25) is 11.8 Å². The number of carbonyl (C=O) groups excluding carboxylic acids is 3. The molecule has 2 bridgehead atoms. The summed E-state index contributed by atoms with van der Waals surface area (Å²) in [7, 11) is 0. The van der Waals surface area contributed by atoms with Crippen molar-refractivity contribution in [2.45, 2.75) is 62.2 Å². The van der Waals surface area contributed by atoms with Crippen molar-refractivity contribution in [2.24, 2.45) is 17.8 Å². The van der Waals surface area contributed by atoms with Crippen LogP contribution in [0.15, 0.2) is 73.8 Å². The molecule has 3 unspecified atom stereocenters. The number of anilines is 2. The third kappa shape index (κ3) is 6.03. The molecule has 47 heavy (non-hydrogen) atoms. The molecule has 3 heterocycles. The van der Waals surface area contributed by atoms with Gasteiger partial charge in [-0.3, -0.25) is 14.4 Å². The first-order valence-corrected chi connectivity index (χ1v) is 17.5. The van der Waals surface area contributed by atoms with Crippen molar-refractivity contribution in [2.75, 3.05) is 36.1 Å². The fourth-order valence-corrected chi connectivity index (χ4v) is 8.76. The maximum Gasteiger partial charge on any atom is 0.253 e. The zero-order valence-electron chi connectivity index (χ0n) is 27.1. The molecule has 0 radical (unpaired) electrons. The second-order valence-corrected chi connectivity index (χ2v) is 14.0. The minimum atomic E-state index is -1.33. The average Bonchev–Trinajstić information content (AvgIpc) is 3.66. The van der Waals surface area contributed by atoms with Gasteiger partial charge in [-0.25, -0.2) is 0 Å². The first-order chi connectivity index (χ1) is 22.6. The van der Waals surface area contributed by atoms with Gasteiger partial charge in [-0.15, -0.1) is 13.2 Å². The van der Waals surface area contributed by atoms with E-state index in [4.69, 9.17) is 21.1 Å². The number of fused-ring (bicyclic) bond motifs is 1. The number of para-hydroxylation sites is 1. The Balaban J connectivity index is 1.63. The lowest BCUT2D eigenvalue weighted by Gasteiger charge is -2.41. The number of nitrogens with zero attached hydrogens (tertiary/aromatic N) is 3. The number of alkyl halides is 1. The summed E-state index contributed by atoms with van der Waals surface area (Å²) >= 11 is 10.4. The number of benzene rings is 2. The van der Waals surface area contributed by atoms with Gasteiger partial charge in [0.05, 0.1) is 47.9 Å². The average molecular weight is 729 g/mol. The Kier molecular flexibility index (Phi) is 10.9. The number of likely N-dealkylation sites (tertiary alicyclic amines) is 1. The molecule has 9 nitrogen and oxygen atoms in total. The fraction of sp³-hybridized carbons (Fsp3) is 0.472. The molecule has 3 fully saturated rings. The Bertz CT molecular complexity index is 1510. The number of aliphatic hydroxyl groups is 1. The van der Waals surface area contributed by atoms with E-state index in [9.17, 15) is 19.5 Å². The van der Waals surface area contributed by atoms with Crippen LogP contribution in [0.5, 0.6) is 5.75 Å². The molecular formula is C36H43BrClN3O6. The molecule has 1 spiro atoms. The van der Waals surface area contributed by atoms with Gasteiger partial charge in [-0.1, -0.05) is 72.1 Å². The minimum Gasteiger partial charge on any atom is -0.494 e. The molecule has 2 aromatic carbocycles. The minimum absolute atomic E-state index is 0.128. The van der Waals surface area contributed by atoms with Crippen molar-refractivity contribution in [3.8, 4) is 5.75 Å². The Hall–Kier alpha value is -3.18. The SMILES string of the molecule is C=CCN(C(=O)[C@H]1[C@@H]2OC3(CC2Br)C(C(=O)N(CC=C)c2ccccc2Cl)N([C@@H](CO)[C@@H](C)CC)C(=O)[C@H]13)c1ccc(OCC)cc1. The highest BCUT2D eigenvalue weighted by molar-refractivity contribution is 9.09. The van der Waals surface area contributed by atoms with E-state index in [2.05, 4.69) is 29.1 Å². The molecule has 252 valence electrons. The maximum absolute atomic E-state index is 15.0. The molecule has 0 aromatic heterocycles. The number of rotatable bonds is 14. The number of hydrogen-bond donors (Lipinski definition) is 1. The second kappa shape index (κ2) is 14.5. The predicted molar refractivity (Wildman–Crippen MR) is 187 cm³/mol. The zero-order chi connectivity index (χ0) is 34.0. The summed E-state index contributed by atoms with van der Waals surface area (Å²) in [6, 6.07) is 12.4. The summed E-state index contributed by atoms with van der Waals surface area (Å²) in [5, 5.41) is 11.1. The first-order valence-electron chi connectivity index (χ1n) is 16.2. The van der Waals surface area contributed by atoms with Crippen LogP contribution in [0.25, 0.3) is 0 Å². The molecule has 0 aliphatic carbocycles. The summed E-state index contributed by atoms with van der Waals surface area (Å²) in [5.41, 5.74) is -0.230. The molecule has 5 rings (SSSR count). The summed E-state index contributed by atoms with van der Waals surface area (Å²) < 4.78 is 12.4. The van der Waals surface area contributed by atoms with Gasteiger partial charge in [0.1, 0.15) is 17.4 Å². The molecule has 3 amide bonds. The highest BCUT2D eigenvalue weighted by atomic mass is 79.9. The second-order valence-electron chi connectivity index (χ2n) is 12.4. The third-order valence-electron chi connectivity index (χ3n) is 9.85. The van der Waals surface area contributed by atoms with Gasteiger partial charge in [0, 0.05) is 23.6 Å². The first kappa shape index (κ1) is 35.1. The summed E-state index contributed by atoms with van der Waals surface area (Å²) in [5.74, 6) is -2.38. The Labute approximate surface area is 290 Å². The number of carbonyl (C=O) groups is 3. The smallest absolute Gasteiger partial charge is 0.253 e. The van der Waals surface area contributed by atoms with E-state index in [0.717, 1.165) is 0 Å². The molecular weight excluding hydrogens is 686 g/mol. The maximum atomic E-state index is 15.0. The van der Waals surface area contributed by atoms with Gasteiger partial charge in [-0.05, 0) is 55.7 Å². The van der Waals surface area contributed by atoms with Crippen LogP contribution in [0.4, 0.5) is 11.4 Å². The summed E-state index contributed by atoms with van der Waals surface area (Å²) in [6.07, 6.45) is 3.57. The predicted octanol–water partition coefficient (Wildman–Crippen LogP) is 5.63. The van der Waals surface area contributed by atoms with Gasteiger partial charge >= 0.3 is 0 Å². The van der Waals surface area contributed by atoms with Gasteiger partial charge < -0.3 is 29.3 Å². The van der Waals surface area contributed by atoms with Crippen molar-refractivity contribution < 1.29 is 29.0 Å². The lowest BCUT2D eigenvalue weighted by atomic mass is 9.70. The van der Waals surface area contributed by atoms with Crippen molar-refractivity contribution >= 4 is 56.6 Å². The number of hydrogen-bond acceptors (Lipinski definition) is 6. The lowest BCUT2D eigenvalue weighted by molar-refractivity contribution is -0.145. The quantitative estimate of drug-likeness (QED) is 0.200. The van der Waals surface area contributed by atoms with E-state index in [-0.39, 0.29) is 42.3 Å². The van der Waals surface area contributed by atoms with Crippen molar-refractivity contribution in [3.05, 3.63) is 78.9 Å². The van der Waals surface area contributed by atoms with E-state index in [1.807, 2.05) is 20.8 Å². The third-order valence-corrected chi connectivity index (χ3v) is 11.0. The normalized spacial score (nSPS) is 27.2. The Morgan fingerprint density at radius 2 is 1.79 bits per heavy atom. The monoisotopic (exact) mass is 727 g/mol. The Morgan fingerprint density at radius 1 is 1.13 bits per heavy atom. The van der Waals surface area contributed by atoms with Crippen LogP contribution < -0.4 is 14.5 Å². The van der Waals surface area contributed by atoms with Crippen LogP contribution in [0, 0.1) is 17.8 Å². The van der Waals surface area contributed by atoms with Crippen LogP contribution >= 0.6 is 27.5 Å². The van der Waals surface area contributed by atoms with E-state index in [1.54, 1.807) is 65.6 Å². The van der Waals surface area contributed by atoms with Crippen LogP contribution in [-0.4, -0.2) is 82.6 Å². The van der Waals surface area contributed by atoms with E-state index < -0.39 is 41.5 Å².